The molecule has 3 heteroatoms. The Labute approximate surface area is 95.9 Å². The molecule has 3 saturated carbocycles. The van der Waals surface area contributed by atoms with Crippen molar-refractivity contribution >= 4 is 5.91 Å². The van der Waals surface area contributed by atoms with Crippen molar-refractivity contribution in [1.82, 2.24) is 5.32 Å². The Bertz CT molecular complexity index is 326. The third-order valence-corrected chi connectivity index (χ3v) is 5.54. The smallest absolute Gasteiger partial charge is 0.249 e. The molecule has 1 atom stereocenters. The van der Waals surface area contributed by atoms with Crippen LogP contribution in [0.4, 0.5) is 0 Å². The van der Waals surface area contributed by atoms with Crippen LogP contribution in [-0.4, -0.2) is 25.2 Å². The first-order valence-corrected chi connectivity index (χ1v) is 6.68. The highest BCUT2D eigenvalue weighted by Crippen LogP contribution is 2.93. The predicted octanol–water partition coefficient (Wildman–Crippen LogP) is 1.47. The van der Waals surface area contributed by atoms with Crippen molar-refractivity contribution in [2.75, 3.05) is 13.2 Å². The van der Waals surface area contributed by atoms with Gasteiger partial charge >= 0.3 is 0 Å². The van der Waals surface area contributed by atoms with Gasteiger partial charge < -0.3 is 10.1 Å². The Balaban J connectivity index is 1.27. The maximum atomic E-state index is 11.3. The highest BCUT2D eigenvalue weighted by molar-refractivity contribution is 5.82. The lowest BCUT2D eigenvalue weighted by molar-refractivity contribution is -0.129. The Morgan fingerprint density at radius 1 is 1.25 bits per heavy atom. The van der Waals surface area contributed by atoms with E-state index >= 15 is 0 Å². The molecular formula is C13H19NO2. The standard InChI is InChI=1S/C13H19NO2/c15-11-9(1-7-14-11)16-8-2-10-12(3-4-12)13(10)5-6-13/h9-10H,1-8H2,(H,14,15). The molecule has 88 valence electrons. The van der Waals surface area contributed by atoms with Crippen molar-refractivity contribution in [2.45, 2.75) is 44.6 Å². The first-order valence-electron chi connectivity index (χ1n) is 6.68. The third kappa shape index (κ3) is 1.05. The number of rotatable bonds is 4. The Hall–Kier alpha value is -0.570. The molecule has 0 aromatic carbocycles. The summed E-state index contributed by atoms with van der Waals surface area (Å²) >= 11 is 0. The van der Waals surface area contributed by atoms with Crippen LogP contribution in [0.3, 0.4) is 0 Å². The van der Waals surface area contributed by atoms with Crippen LogP contribution in [0.25, 0.3) is 0 Å². The van der Waals surface area contributed by atoms with E-state index in [9.17, 15) is 4.79 Å². The molecule has 1 saturated heterocycles. The Kier molecular flexibility index (Phi) is 1.66. The summed E-state index contributed by atoms with van der Waals surface area (Å²) in [5.74, 6) is 1.04. The van der Waals surface area contributed by atoms with Crippen molar-refractivity contribution in [3.8, 4) is 0 Å². The van der Waals surface area contributed by atoms with E-state index < -0.39 is 0 Å². The SMILES string of the molecule is O=C1NCCC1OCCC1C2(CC2)C12CC2. The molecule has 0 aromatic heterocycles. The minimum absolute atomic E-state index is 0.0954. The molecule has 4 aliphatic rings. The Morgan fingerprint density at radius 2 is 1.94 bits per heavy atom. The zero-order valence-corrected chi connectivity index (χ0v) is 9.63. The van der Waals surface area contributed by atoms with Gasteiger partial charge in [-0.2, -0.15) is 0 Å². The van der Waals surface area contributed by atoms with Gasteiger partial charge in [-0.1, -0.05) is 0 Å². The second-order valence-electron chi connectivity index (χ2n) is 6.09. The van der Waals surface area contributed by atoms with Crippen LogP contribution < -0.4 is 5.32 Å². The number of hydrogen-bond acceptors (Lipinski definition) is 2. The predicted molar refractivity (Wildman–Crippen MR) is 58.8 cm³/mol. The summed E-state index contributed by atoms with van der Waals surface area (Å²) in [5, 5.41) is 2.82. The molecule has 1 amide bonds. The molecule has 3 nitrogen and oxygen atoms in total. The summed E-state index contributed by atoms with van der Waals surface area (Å²) in [7, 11) is 0. The molecule has 0 aromatic rings. The fraction of sp³-hybridized carbons (Fsp3) is 0.923. The lowest BCUT2D eigenvalue weighted by Crippen LogP contribution is -2.25. The lowest BCUT2D eigenvalue weighted by Gasteiger charge is -2.08. The van der Waals surface area contributed by atoms with Gasteiger partial charge in [0, 0.05) is 13.2 Å². The topological polar surface area (TPSA) is 38.3 Å². The van der Waals surface area contributed by atoms with Crippen molar-refractivity contribution in [3.05, 3.63) is 0 Å². The highest BCUT2D eigenvalue weighted by Gasteiger charge is 2.85. The number of ether oxygens (including phenoxy) is 1. The van der Waals surface area contributed by atoms with E-state index in [-0.39, 0.29) is 12.0 Å². The average Bonchev–Trinajstić information content (AvgIpc) is 3.18. The van der Waals surface area contributed by atoms with E-state index in [2.05, 4.69) is 5.32 Å². The van der Waals surface area contributed by atoms with Crippen molar-refractivity contribution < 1.29 is 9.53 Å². The van der Waals surface area contributed by atoms with Crippen LogP contribution >= 0.6 is 0 Å². The zero-order chi connectivity index (χ0) is 10.8. The summed E-state index contributed by atoms with van der Waals surface area (Å²) in [4.78, 5) is 11.3. The van der Waals surface area contributed by atoms with Crippen molar-refractivity contribution in [2.24, 2.45) is 16.7 Å². The molecular weight excluding hydrogens is 202 g/mol. The fourth-order valence-corrected chi connectivity index (χ4v) is 4.41. The first kappa shape index (κ1) is 9.46. The molecule has 0 bridgehead atoms. The average molecular weight is 221 g/mol. The van der Waals surface area contributed by atoms with Crippen molar-refractivity contribution in [3.63, 3.8) is 0 Å². The first-order chi connectivity index (χ1) is 7.79. The van der Waals surface area contributed by atoms with Crippen LogP contribution in [-0.2, 0) is 9.53 Å². The van der Waals surface area contributed by atoms with Gasteiger partial charge in [0.1, 0.15) is 6.10 Å². The van der Waals surface area contributed by atoms with Gasteiger partial charge in [-0.3, -0.25) is 4.79 Å². The maximum absolute atomic E-state index is 11.3. The number of carbonyl (C=O) groups is 1. The number of amides is 1. The fourth-order valence-electron chi connectivity index (χ4n) is 4.41. The highest BCUT2D eigenvalue weighted by atomic mass is 16.5. The molecule has 16 heavy (non-hydrogen) atoms. The number of nitrogens with one attached hydrogen (secondary N) is 1. The monoisotopic (exact) mass is 221 g/mol. The maximum Gasteiger partial charge on any atom is 0.249 e. The van der Waals surface area contributed by atoms with Crippen LogP contribution in [0.5, 0.6) is 0 Å². The molecule has 0 radical (unpaired) electrons. The quantitative estimate of drug-likeness (QED) is 0.780. The van der Waals surface area contributed by atoms with Crippen LogP contribution in [0.15, 0.2) is 0 Å². The van der Waals surface area contributed by atoms with Crippen LogP contribution in [0.2, 0.25) is 0 Å². The largest absolute Gasteiger partial charge is 0.368 e. The molecule has 1 heterocycles. The number of hydrogen-bond donors (Lipinski definition) is 1. The van der Waals surface area contributed by atoms with Crippen LogP contribution in [0.1, 0.15) is 38.5 Å². The van der Waals surface area contributed by atoms with E-state index in [1.807, 2.05) is 0 Å². The van der Waals surface area contributed by atoms with Gasteiger partial charge in [0.05, 0.1) is 0 Å². The van der Waals surface area contributed by atoms with E-state index in [1.165, 1.54) is 32.1 Å². The number of fused-ring (bicyclic) bond motifs is 1. The van der Waals surface area contributed by atoms with Gasteiger partial charge in [0.2, 0.25) is 5.91 Å². The Morgan fingerprint density at radius 3 is 2.44 bits per heavy atom. The molecule has 3 aliphatic carbocycles. The van der Waals surface area contributed by atoms with E-state index in [0.29, 0.717) is 0 Å². The summed E-state index contributed by atoms with van der Waals surface area (Å²) in [5.41, 5.74) is 1.57. The van der Waals surface area contributed by atoms with Crippen LogP contribution in [0, 0.1) is 16.7 Å². The molecule has 1 unspecified atom stereocenters. The van der Waals surface area contributed by atoms with E-state index in [1.54, 1.807) is 0 Å². The molecule has 4 rings (SSSR count). The summed E-state index contributed by atoms with van der Waals surface area (Å²) < 4.78 is 5.70. The van der Waals surface area contributed by atoms with Gasteiger partial charge in [-0.15, -0.1) is 0 Å². The third-order valence-electron chi connectivity index (χ3n) is 5.54. The minimum Gasteiger partial charge on any atom is -0.368 e. The van der Waals surface area contributed by atoms with Gasteiger partial charge in [-0.25, -0.2) is 0 Å². The van der Waals surface area contributed by atoms with E-state index in [4.69, 9.17) is 4.74 Å². The second kappa shape index (κ2) is 2.81. The molecule has 1 N–H and O–H groups in total. The zero-order valence-electron chi connectivity index (χ0n) is 9.63. The van der Waals surface area contributed by atoms with Gasteiger partial charge in [0.25, 0.3) is 0 Å². The van der Waals surface area contributed by atoms with Gasteiger partial charge in [0.15, 0.2) is 0 Å². The summed E-state index contributed by atoms with van der Waals surface area (Å²) in [6.45, 7) is 1.59. The normalized spacial score (nSPS) is 36.8. The van der Waals surface area contributed by atoms with E-state index in [0.717, 1.165) is 36.3 Å². The number of carbonyl (C=O) groups excluding carboxylic acids is 1. The van der Waals surface area contributed by atoms with Crippen molar-refractivity contribution in [1.29, 1.82) is 0 Å². The molecule has 2 spiro atoms. The second-order valence-corrected chi connectivity index (χ2v) is 6.09. The summed E-state index contributed by atoms with van der Waals surface area (Å²) in [6.07, 6.45) is 7.81. The van der Waals surface area contributed by atoms with Gasteiger partial charge in [-0.05, 0) is 55.3 Å². The summed E-state index contributed by atoms with van der Waals surface area (Å²) in [6, 6.07) is 0. The lowest BCUT2D eigenvalue weighted by atomic mass is 10.2. The molecule has 4 fully saturated rings. The minimum atomic E-state index is -0.149. The molecule has 1 aliphatic heterocycles.